The number of alkyl carbamates (subject to hydrolysis) is 1. The molecule has 1 amide bonds. The smallest absolute Gasteiger partial charge is 0.407 e. The third-order valence-corrected chi connectivity index (χ3v) is 9.20. The Balaban J connectivity index is 1.77. The number of methoxy groups -OCH3 is 1. The van der Waals surface area contributed by atoms with Crippen LogP contribution in [0.15, 0.2) is 18.3 Å². The second-order valence-electron chi connectivity index (χ2n) is 11.4. The van der Waals surface area contributed by atoms with E-state index >= 15 is 0 Å². The predicted octanol–water partition coefficient (Wildman–Crippen LogP) is 5.68. The Morgan fingerprint density at radius 3 is 2.55 bits per heavy atom. The maximum Gasteiger partial charge on any atom is 0.407 e. The van der Waals surface area contributed by atoms with Crippen molar-refractivity contribution in [1.29, 1.82) is 0 Å². The Hall–Kier alpha value is -3.18. The van der Waals surface area contributed by atoms with Crippen molar-refractivity contribution >= 4 is 33.4 Å². The molecule has 1 aromatic carbocycles. The third-order valence-electron chi connectivity index (χ3n) is 6.97. The van der Waals surface area contributed by atoms with Gasteiger partial charge in [-0.3, -0.25) is 4.72 Å². The molecule has 0 bridgehead atoms. The molecule has 0 spiro atoms. The number of nitrogens with one attached hydrogen (secondary N) is 3. The van der Waals surface area contributed by atoms with Crippen LogP contribution in [0.2, 0.25) is 5.02 Å². The highest BCUT2D eigenvalue weighted by Gasteiger charge is 2.36. The zero-order chi connectivity index (χ0) is 29.4. The van der Waals surface area contributed by atoms with Gasteiger partial charge in [0.05, 0.1) is 35.1 Å². The van der Waals surface area contributed by atoms with Crippen molar-refractivity contribution < 1.29 is 17.9 Å². The second-order valence-corrected chi connectivity index (χ2v) is 13.7. The molecule has 1 aliphatic carbocycles. The van der Waals surface area contributed by atoms with Crippen LogP contribution in [-0.2, 0) is 26.6 Å². The number of aromatic amines is 1. The molecule has 10 nitrogen and oxygen atoms in total. The molecule has 0 aliphatic heterocycles. The van der Waals surface area contributed by atoms with Gasteiger partial charge in [0.25, 0.3) is 0 Å². The van der Waals surface area contributed by atoms with Gasteiger partial charge in [0, 0.05) is 34.7 Å². The monoisotopic (exact) mass is 588 g/mol. The number of hydrogen-bond acceptors (Lipinski definition) is 7. The van der Waals surface area contributed by atoms with E-state index in [4.69, 9.17) is 21.6 Å². The summed E-state index contributed by atoms with van der Waals surface area (Å²) in [4.78, 5) is 29.2. The minimum absolute atomic E-state index is 0.120. The summed E-state index contributed by atoms with van der Waals surface area (Å²) in [7, 11) is -2.17. The molecule has 2 heterocycles. The number of amides is 1. The summed E-state index contributed by atoms with van der Waals surface area (Å²) >= 11 is 6.67. The van der Waals surface area contributed by atoms with Crippen molar-refractivity contribution in [3.8, 4) is 22.6 Å². The largest absolute Gasteiger partial charge is 0.453 e. The molecule has 1 atom stereocenters. The highest BCUT2D eigenvalue weighted by atomic mass is 35.5. The van der Waals surface area contributed by atoms with Gasteiger partial charge in [-0.1, -0.05) is 32.4 Å². The Kier molecular flexibility index (Phi) is 8.46. The zero-order valence-electron chi connectivity index (χ0n) is 24.0. The average Bonchev–Trinajstić information content (AvgIpc) is 3.66. The Labute approximate surface area is 240 Å². The maximum absolute atomic E-state index is 12.8. The van der Waals surface area contributed by atoms with E-state index in [0.717, 1.165) is 11.4 Å². The van der Waals surface area contributed by atoms with Crippen LogP contribution < -0.4 is 10.0 Å². The average molecular weight is 589 g/mol. The van der Waals surface area contributed by atoms with E-state index in [-0.39, 0.29) is 16.7 Å². The first-order valence-electron chi connectivity index (χ1n) is 13.3. The van der Waals surface area contributed by atoms with Crippen LogP contribution in [0.25, 0.3) is 22.6 Å². The van der Waals surface area contributed by atoms with Crippen molar-refractivity contribution in [3.63, 3.8) is 0 Å². The first-order valence-corrected chi connectivity index (χ1v) is 15.2. The second kappa shape index (κ2) is 11.4. The fourth-order valence-electron chi connectivity index (χ4n) is 4.33. The van der Waals surface area contributed by atoms with Gasteiger partial charge in [-0.15, -0.1) is 0 Å². The molecule has 0 unspecified atom stereocenters. The number of aromatic nitrogens is 4. The predicted molar refractivity (Wildman–Crippen MR) is 157 cm³/mol. The Morgan fingerprint density at radius 1 is 1.23 bits per heavy atom. The van der Waals surface area contributed by atoms with Crippen LogP contribution in [0.3, 0.4) is 0 Å². The molecule has 1 saturated carbocycles. The van der Waals surface area contributed by atoms with Crippen molar-refractivity contribution in [2.45, 2.75) is 83.9 Å². The van der Waals surface area contributed by atoms with Crippen LogP contribution in [-0.4, -0.2) is 52.8 Å². The molecule has 1 fully saturated rings. The van der Waals surface area contributed by atoms with Crippen molar-refractivity contribution in [3.05, 3.63) is 46.1 Å². The molecule has 4 rings (SSSR count). The molecule has 3 N–H and O–H groups in total. The standard InChI is InChI=1S/C28H37ClN6O4S/c1-15(31-27(36)39-7)8-11-22-30-13-12-21(32-22)25-24(33-26(34-25)28(4,5)6)19-14-20(29)17(3)23(16(19)2)35-40(37,38)18-9-10-18/h12-15,18,35H,8-11H2,1-7H3,(H,31,36)(H,33,34)/t15-/m0/s1. The van der Waals surface area contributed by atoms with E-state index in [1.54, 1.807) is 6.20 Å². The Bertz CT molecular complexity index is 1530. The van der Waals surface area contributed by atoms with E-state index in [2.05, 4.69) is 45.5 Å². The van der Waals surface area contributed by atoms with Crippen LogP contribution in [0.4, 0.5) is 10.5 Å². The summed E-state index contributed by atoms with van der Waals surface area (Å²) in [5.41, 5.74) is 4.26. The van der Waals surface area contributed by atoms with E-state index in [1.165, 1.54) is 7.11 Å². The fourth-order valence-corrected chi connectivity index (χ4v) is 6.04. The van der Waals surface area contributed by atoms with Gasteiger partial charge in [0.2, 0.25) is 10.0 Å². The summed E-state index contributed by atoms with van der Waals surface area (Å²) in [5, 5.41) is 2.82. The number of hydrogen-bond donors (Lipinski definition) is 3. The van der Waals surface area contributed by atoms with Crippen LogP contribution in [0.5, 0.6) is 0 Å². The fraction of sp³-hybridized carbons (Fsp3) is 0.500. The maximum atomic E-state index is 12.8. The van der Waals surface area contributed by atoms with E-state index in [9.17, 15) is 13.2 Å². The lowest BCUT2D eigenvalue weighted by atomic mass is 9.96. The van der Waals surface area contributed by atoms with Crippen LogP contribution >= 0.6 is 11.6 Å². The van der Waals surface area contributed by atoms with E-state index in [1.807, 2.05) is 32.9 Å². The number of halogens is 1. The lowest BCUT2D eigenvalue weighted by Gasteiger charge is -2.18. The summed E-state index contributed by atoms with van der Waals surface area (Å²) in [6.45, 7) is 11.8. The summed E-state index contributed by atoms with van der Waals surface area (Å²) in [6, 6.07) is 3.52. The summed E-state index contributed by atoms with van der Waals surface area (Å²) < 4.78 is 33.2. The van der Waals surface area contributed by atoms with Gasteiger partial charge in [-0.25, -0.2) is 28.2 Å². The highest BCUT2D eigenvalue weighted by molar-refractivity contribution is 7.93. The first-order chi connectivity index (χ1) is 18.7. The minimum atomic E-state index is -3.50. The number of ether oxygens (including phenoxy) is 1. The van der Waals surface area contributed by atoms with Crippen molar-refractivity contribution in [2.24, 2.45) is 0 Å². The molecule has 40 heavy (non-hydrogen) atoms. The summed E-state index contributed by atoms with van der Waals surface area (Å²) in [5.74, 6) is 1.37. The molecule has 0 saturated heterocycles. The normalized spacial score (nSPS) is 14.6. The van der Waals surface area contributed by atoms with Gasteiger partial charge >= 0.3 is 6.09 Å². The van der Waals surface area contributed by atoms with Crippen molar-refractivity contribution in [2.75, 3.05) is 11.8 Å². The minimum Gasteiger partial charge on any atom is -0.453 e. The van der Waals surface area contributed by atoms with Crippen LogP contribution in [0.1, 0.15) is 69.7 Å². The molecular formula is C28H37ClN6O4S. The summed E-state index contributed by atoms with van der Waals surface area (Å²) in [6.07, 6.45) is 3.70. The third kappa shape index (κ3) is 6.58. The van der Waals surface area contributed by atoms with Crippen molar-refractivity contribution in [1.82, 2.24) is 25.3 Å². The molecule has 1 aliphatic rings. The highest BCUT2D eigenvalue weighted by Crippen LogP contribution is 2.41. The number of carbonyl (C=O) groups excluding carboxylic acids is 1. The number of carbonyl (C=O) groups is 1. The molecular weight excluding hydrogens is 552 g/mol. The molecule has 216 valence electrons. The van der Waals surface area contributed by atoms with Gasteiger partial charge in [-0.2, -0.15) is 0 Å². The van der Waals surface area contributed by atoms with Gasteiger partial charge < -0.3 is 15.0 Å². The SMILES string of the molecule is COC(=O)N[C@@H](C)CCc1nccc(-c2[nH]c(C(C)(C)C)nc2-c2cc(Cl)c(C)c(NS(=O)(=O)C3CC3)c2C)n1. The van der Waals surface area contributed by atoms with Gasteiger partial charge in [0.1, 0.15) is 11.6 Å². The zero-order valence-corrected chi connectivity index (χ0v) is 25.5. The number of sulfonamides is 1. The van der Waals surface area contributed by atoms with Gasteiger partial charge in [-0.05, 0) is 63.3 Å². The quantitative estimate of drug-likeness (QED) is 0.292. The number of H-pyrrole nitrogens is 1. The Morgan fingerprint density at radius 2 is 1.93 bits per heavy atom. The van der Waals surface area contributed by atoms with Crippen LogP contribution in [0, 0.1) is 13.8 Å². The number of rotatable bonds is 9. The molecule has 3 aromatic rings. The number of anilines is 1. The topological polar surface area (TPSA) is 139 Å². The van der Waals surface area contributed by atoms with E-state index < -0.39 is 16.1 Å². The lowest BCUT2D eigenvalue weighted by molar-refractivity contribution is 0.167. The number of nitrogens with zero attached hydrogens (tertiary/aromatic N) is 3. The lowest BCUT2D eigenvalue weighted by Crippen LogP contribution is -2.32. The van der Waals surface area contributed by atoms with Gasteiger partial charge in [0.15, 0.2) is 0 Å². The number of imidazole rings is 1. The molecule has 12 heteroatoms. The number of aryl methyl sites for hydroxylation is 1. The number of benzene rings is 1. The first kappa shape index (κ1) is 29.8. The molecule has 2 aromatic heterocycles. The van der Waals surface area contributed by atoms with E-state index in [0.29, 0.717) is 70.4 Å². The molecule has 0 radical (unpaired) electrons.